The third-order valence-electron chi connectivity index (χ3n) is 2.21. The van der Waals surface area contributed by atoms with E-state index in [2.05, 4.69) is 11.9 Å². The van der Waals surface area contributed by atoms with Crippen molar-refractivity contribution in [3.8, 4) is 0 Å². The Morgan fingerprint density at radius 1 is 1.58 bits per heavy atom. The molecule has 0 amide bonds. The Morgan fingerprint density at radius 3 is 3.17 bits per heavy atom. The fourth-order valence-electron chi connectivity index (χ4n) is 1.54. The Hall–Kier alpha value is -0.950. The molecule has 0 bridgehead atoms. The number of anilines is 1. The average molecular weight is 180 g/mol. The number of nitrogens with one attached hydrogen (secondary N) is 1. The van der Waals surface area contributed by atoms with Gasteiger partial charge in [-0.2, -0.15) is 0 Å². The van der Waals surface area contributed by atoms with E-state index in [1.54, 1.807) is 0 Å². The average Bonchev–Trinajstić information content (AvgIpc) is 2.46. The molecule has 0 saturated heterocycles. The zero-order valence-electron chi connectivity index (χ0n) is 6.68. The molecule has 2 rings (SSSR count). The van der Waals surface area contributed by atoms with Crippen LogP contribution in [0, 0.1) is 0 Å². The largest absolute Gasteiger partial charge is 0.384 e. The van der Waals surface area contributed by atoms with Crippen molar-refractivity contribution < 1.29 is 0 Å². The predicted molar refractivity (Wildman–Crippen MR) is 52.9 cm³/mol. The van der Waals surface area contributed by atoms with Gasteiger partial charge in [0.05, 0.1) is 0 Å². The summed E-state index contributed by atoms with van der Waals surface area (Å²) in [6, 6.07) is 5.92. The fourth-order valence-corrected chi connectivity index (χ4v) is 1.72. The number of fused-ring (bicyclic) bond motifs is 1. The summed E-state index contributed by atoms with van der Waals surface area (Å²) < 4.78 is 0. The summed E-state index contributed by atoms with van der Waals surface area (Å²) in [5.74, 6) is 0.415. The van der Waals surface area contributed by atoms with Crippen LogP contribution in [0.4, 0.5) is 5.69 Å². The second kappa shape index (κ2) is 2.83. The van der Waals surface area contributed by atoms with E-state index >= 15 is 0 Å². The Bertz CT molecular complexity index is 320. The molecule has 1 aromatic carbocycles. The van der Waals surface area contributed by atoms with Crippen molar-refractivity contribution in [2.45, 2.75) is 5.92 Å². The van der Waals surface area contributed by atoms with Gasteiger partial charge in [-0.3, -0.25) is 0 Å². The first kappa shape index (κ1) is 7.69. The summed E-state index contributed by atoms with van der Waals surface area (Å²) in [7, 11) is 0. The van der Waals surface area contributed by atoms with Crippen molar-refractivity contribution in [2.75, 3.05) is 11.9 Å². The summed E-state index contributed by atoms with van der Waals surface area (Å²) in [6.07, 6.45) is 1.95. The highest BCUT2D eigenvalue weighted by molar-refractivity contribution is 6.30. The maximum absolute atomic E-state index is 5.88. The highest BCUT2D eigenvalue weighted by Crippen LogP contribution is 2.33. The van der Waals surface area contributed by atoms with E-state index in [0.29, 0.717) is 5.92 Å². The van der Waals surface area contributed by atoms with E-state index < -0.39 is 0 Å². The van der Waals surface area contributed by atoms with Gasteiger partial charge < -0.3 is 5.32 Å². The van der Waals surface area contributed by atoms with Crippen molar-refractivity contribution in [3.05, 3.63) is 41.4 Å². The number of hydrogen-bond acceptors (Lipinski definition) is 1. The van der Waals surface area contributed by atoms with Crippen molar-refractivity contribution in [1.82, 2.24) is 0 Å². The molecule has 1 aromatic rings. The molecule has 0 saturated carbocycles. The quantitative estimate of drug-likeness (QED) is 0.654. The van der Waals surface area contributed by atoms with Crippen LogP contribution < -0.4 is 5.32 Å². The molecule has 1 unspecified atom stereocenters. The minimum atomic E-state index is 0.415. The highest BCUT2D eigenvalue weighted by atomic mass is 35.5. The summed E-state index contributed by atoms with van der Waals surface area (Å²) in [5.41, 5.74) is 2.45. The Kier molecular flexibility index (Phi) is 1.81. The van der Waals surface area contributed by atoms with Crippen molar-refractivity contribution >= 4 is 17.3 Å². The molecule has 2 heteroatoms. The third-order valence-corrected chi connectivity index (χ3v) is 2.45. The van der Waals surface area contributed by atoms with Crippen LogP contribution in [-0.2, 0) is 0 Å². The van der Waals surface area contributed by atoms with Crippen molar-refractivity contribution in [2.24, 2.45) is 0 Å². The minimum absolute atomic E-state index is 0.415. The first-order valence-corrected chi connectivity index (χ1v) is 4.35. The van der Waals surface area contributed by atoms with Gasteiger partial charge in [-0.1, -0.05) is 17.7 Å². The summed E-state index contributed by atoms with van der Waals surface area (Å²) in [4.78, 5) is 0. The van der Waals surface area contributed by atoms with Crippen LogP contribution in [0.15, 0.2) is 30.9 Å². The minimum Gasteiger partial charge on any atom is -0.384 e. The molecule has 0 aliphatic carbocycles. The smallest absolute Gasteiger partial charge is 0.0410 e. The molecular weight excluding hydrogens is 170 g/mol. The summed E-state index contributed by atoms with van der Waals surface area (Å²) >= 11 is 5.88. The van der Waals surface area contributed by atoms with Gasteiger partial charge in [0.15, 0.2) is 0 Å². The van der Waals surface area contributed by atoms with Crippen LogP contribution in [0.5, 0.6) is 0 Å². The Balaban J connectivity index is 2.49. The summed E-state index contributed by atoms with van der Waals surface area (Å²) in [6.45, 7) is 4.73. The molecule has 1 aliphatic heterocycles. The van der Waals surface area contributed by atoms with Crippen LogP contribution in [0.2, 0.25) is 5.02 Å². The third kappa shape index (κ3) is 1.10. The maximum Gasteiger partial charge on any atom is 0.0410 e. The molecule has 1 heterocycles. The molecule has 1 nitrogen and oxygen atoms in total. The molecule has 1 N–H and O–H groups in total. The number of rotatable bonds is 1. The van der Waals surface area contributed by atoms with Crippen LogP contribution in [-0.4, -0.2) is 6.54 Å². The van der Waals surface area contributed by atoms with Crippen LogP contribution >= 0.6 is 11.6 Å². The van der Waals surface area contributed by atoms with Crippen molar-refractivity contribution in [1.29, 1.82) is 0 Å². The van der Waals surface area contributed by atoms with Crippen LogP contribution in [0.3, 0.4) is 0 Å². The van der Waals surface area contributed by atoms with Crippen LogP contribution in [0.25, 0.3) is 0 Å². The Morgan fingerprint density at radius 2 is 2.42 bits per heavy atom. The standard InChI is InChI=1S/C10H10ClN/c1-2-7-6-12-10-4-3-8(11)5-9(7)10/h2-5,7,12H,1,6H2. The number of benzene rings is 1. The van der Waals surface area contributed by atoms with Gasteiger partial charge in [0, 0.05) is 23.2 Å². The van der Waals surface area contributed by atoms with Gasteiger partial charge in [-0.15, -0.1) is 6.58 Å². The van der Waals surface area contributed by atoms with E-state index in [4.69, 9.17) is 11.6 Å². The molecule has 0 aromatic heterocycles. The van der Waals surface area contributed by atoms with Gasteiger partial charge in [-0.05, 0) is 23.8 Å². The van der Waals surface area contributed by atoms with E-state index in [-0.39, 0.29) is 0 Å². The monoisotopic (exact) mass is 179 g/mol. The van der Waals surface area contributed by atoms with Crippen LogP contribution in [0.1, 0.15) is 11.5 Å². The van der Waals surface area contributed by atoms with E-state index in [1.807, 2.05) is 24.3 Å². The lowest BCUT2D eigenvalue weighted by atomic mass is 10.0. The lowest BCUT2D eigenvalue weighted by Gasteiger charge is -2.02. The molecule has 62 valence electrons. The van der Waals surface area contributed by atoms with E-state index in [0.717, 1.165) is 11.6 Å². The lowest BCUT2D eigenvalue weighted by Crippen LogP contribution is -1.97. The molecular formula is C10H10ClN. The highest BCUT2D eigenvalue weighted by Gasteiger charge is 2.18. The first-order valence-electron chi connectivity index (χ1n) is 3.97. The zero-order chi connectivity index (χ0) is 8.55. The number of hydrogen-bond donors (Lipinski definition) is 1. The molecule has 0 radical (unpaired) electrons. The SMILES string of the molecule is C=CC1CNc2ccc(Cl)cc21. The Labute approximate surface area is 77.0 Å². The predicted octanol–water partition coefficient (Wildman–Crippen LogP) is 3.04. The fraction of sp³-hybridized carbons (Fsp3) is 0.200. The molecule has 12 heavy (non-hydrogen) atoms. The van der Waals surface area contributed by atoms with Crippen molar-refractivity contribution in [3.63, 3.8) is 0 Å². The maximum atomic E-state index is 5.88. The second-order valence-corrected chi connectivity index (χ2v) is 3.39. The first-order chi connectivity index (χ1) is 5.81. The van der Waals surface area contributed by atoms with Gasteiger partial charge in [-0.25, -0.2) is 0 Å². The molecule has 0 spiro atoms. The second-order valence-electron chi connectivity index (χ2n) is 2.95. The van der Waals surface area contributed by atoms with E-state index in [1.165, 1.54) is 11.3 Å². The van der Waals surface area contributed by atoms with Gasteiger partial charge >= 0.3 is 0 Å². The topological polar surface area (TPSA) is 12.0 Å². The summed E-state index contributed by atoms with van der Waals surface area (Å²) in [5, 5.41) is 4.09. The molecule has 1 atom stereocenters. The zero-order valence-corrected chi connectivity index (χ0v) is 7.43. The van der Waals surface area contributed by atoms with Gasteiger partial charge in [0.2, 0.25) is 0 Å². The molecule has 1 aliphatic rings. The van der Waals surface area contributed by atoms with Gasteiger partial charge in [0.1, 0.15) is 0 Å². The normalized spacial score (nSPS) is 19.9. The molecule has 0 fully saturated rings. The lowest BCUT2D eigenvalue weighted by molar-refractivity contribution is 0.952. The van der Waals surface area contributed by atoms with E-state index in [9.17, 15) is 0 Å². The van der Waals surface area contributed by atoms with Gasteiger partial charge in [0.25, 0.3) is 0 Å². The number of halogens is 1.